The van der Waals surface area contributed by atoms with Gasteiger partial charge in [0.05, 0.1) is 11.7 Å². The number of aromatic nitrogens is 2. The maximum absolute atomic E-state index is 13.1. The average Bonchev–Trinajstić information content (AvgIpc) is 3.09. The number of nitrogens with zero attached hydrogens (tertiary/aromatic N) is 4. The summed E-state index contributed by atoms with van der Waals surface area (Å²) < 4.78 is 5.88. The molecule has 0 N–H and O–H groups in total. The third kappa shape index (κ3) is 3.21. The highest BCUT2D eigenvalue weighted by Gasteiger charge is 2.29. The summed E-state index contributed by atoms with van der Waals surface area (Å²) in [6, 6.07) is 8.10. The number of benzene rings is 1. The van der Waals surface area contributed by atoms with Crippen molar-refractivity contribution in [2.45, 2.75) is 45.2 Å². The Balaban J connectivity index is 1.38. The number of carbonyl (C=O) groups is 1. The zero-order chi connectivity index (χ0) is 20.0. The van der Waals surface area contributed by atoms with Crippen LogP contribution in [0.4, 0.5) is 0 Å². The van der Waals surface area contributed by atoms with Crippen LogP contribution in [0.5, 0.6) is 0 Å². The van der Waals surface area contributed by atoms with Gasteiger partial charge in [0.1, 0.15) is 11.4 Å². The van der Waals surface area contributed by atoms with Crippen LogP contribution in [0.15, 0.2) is 34.9 Å². The highest BCUT2D eigenvalue weighted by atomic mass is 16.3. The van der Waals surface area contributed by atoms with E-state index >= 15 is 0 Å². The number of para-hydroxylation sites is 1. The first-order valence-corrected chi connectivity index (χ1v) is 10.4. The minimum absolute atomic E-state index is 0.0551. The van der Waals surface area contributed by atoms with Gasteiger partial charge >= 0.3 is 0 Å². The number of fused-ring (bicyclic) bond motifs is 2. The minimum Gasteiger partial charge on any atom is -0.451 e. The van der Waals surface area contributed by atoms with Gasteiger partial charge in [-0.25, -0.2) is 9.97 Å². The zero-order valence-corrected chi connectivity index (χ0v) is 17.0. The minimum atomic E-state index is -0.0551. The molecular weight excluding hydrogens is 364 g/mol. The van der Waals surface area contributed by atoms with E-state index in [1.54, 1.807) is 0 Å². The van der Waals surface area contributed by atoms with Crippen molar-refractivity contribution in [1.82, 2.24) is 19.8 Å². The Morgan fingerprint density at radius 3 is 2.90 bits per heavy atom. The molecule has 1 atom stereocenters. The number of hydrogen-bond donors (Lipinski definition) is 0. The number of carbonyl (C=O) groups excluding carboxylic acids is 1. The van der Waals surface area contributed by atoms with E-state index in [9.17, 15) is 4.79 Å². The molecule has 0 bridgehead atoms. The van der Waals surface area contributed by atoms with Crippen LogP contribution in [0.1, 0.15) is 58.5 Å². The Kier molecular flexibility index (Phi) is 4.59. The van der Waals surface area contributed by atoms with Crippen LogP contribution in [0, 0.1) is 6.92 Å². The maximum atomic E-state index is 13.1. The number of likely N-dealkylation sites (tertiary alicyclic amines) is 1. The second-order valence-electron chi connectivity index (χ2n) is 8.22. The smallest absolute Gasteiger partial charge is 0.290 e. The first-order valence-electron chi connectivity index (χ1n) is 10.4. The summed E-state index contributed by atoms with van der Waals surface area (Å²) in [5.41, 5.74) is 3.79. The van der Waals surface area contributed by atoms with Gasteiger partial charge in [0.2, 0.25) is 0 Å². The first kappa shape index (κ1) is 18.3. The van der Waals surface area contributed by atoms with Crippen LogP contribution in [0.3, 0.4) is 0 Å². The molecule has 0 saturated carbocycles. The quantitative estimate of drug-likeness (QED) is 0.664. The second-order valence-corrected chi connectivity index (χ2v) is 8.22. The van der Waals surface area contributed by atoms with Crippen LogP contribution in [0.25, 0.3) is 11.0 Å². The van der Waals surface area contributed by atoms with Gasteiger partial charge in [-0.2, -0.15) is 0 Å². The van der Waals surface area contributed by atoms with Crippen molar-refractivity contribution in [3.63, 3.8) is 0 Å². The molecule has 1 amide bonds. The molecule has 29 heavy (non-hydrogen) atoms. The first-order chi connectivity index (χ1) is 14.1. The monoisotopic (exact) mass is 390 g/mol. The Labute approximate surface area is 170 Å². The van der Waals surface area contributed by atoms with Crippen LogP contribution >= 0.6 is 0 Å². The molecule has 3 aromatic rings. The van der Waals surface area contributed by atoms with Gasteiger partial charge in [-0.3, -0.25) is 9.69 Å². The van der Waals surface area contributed by atoms with E-state index in [1.165, 1.54) is 12.8 Å². The van der Waals surface area contributed by atoms with Gasteiger partial charge in [0.15, 0.2) is 5.76 Å². The predicted molar refractivity (Wildman–Crippen MR) is 111 cm³/mol. The molecule has 0 spiro atoms. The number of hydrogen-bond acceptors (Lipinski definition) is 5. The van der Waals surface area contributed by atoms with Crippen LogP contribution in [0.2, 0.25) is 0 Å². The molecule has 1 aromatic carbocycles. The van der Waals surface area contributed by atoms with E-state index in [-0.39, 0.29) is 5.91 Å². The van der Waals surface area contributed by atoms with Crippen molar-refractivity contribution in [1.29, 1.82) is 0 Å². The molecule has 1 saturated heterocycles. The van der Waals surface area contributed by atoms with Crippen LogP contribution < -0.4 is 0 Å². The summed E-state index contributed by atoms with van der Waals surface area (Å²) in [6.07, 6.45) is 6.27. The Hall–Kier alpha value is -2.73. The molecule has 2 aliphatic rings. The second kappa shape index (κ2) is 7.26. The molecule has 150 valence electrons. The lowest BCUT2D eigenvalue weighted by atomic mass is 10.0. The van der Waals surface area contributed by atoms with Crippen molar-refractivity contribution < 1.29 is 9.21 Å². The molecule has 6 heteroatoms. The SMILES string of the molecule is Cc1c(C(=O)N2CCc3nc(C4CCCCN4C)ncc3C2)oc2ccccc12. The van der Waals surface area contributed by atoms with Crippen LogP contribution in [-0.2, 0) is 13.0 Å². The van der Waals surface area contributed by atoms with E-state index in [0.29, 0.717) is 24.9 Å². The lowest BCUT2D eigenvalue weighted by molar-refractivity contribution is 0.0702. The van der Waals surface area contributed by atoms with Crippen molar-refractivity contribution in [2.75, 3.05) is 20.1 Å². The average molecular weight is 390 g/mol. The zero-order valence-electron chi connectivity index (χ0n) is 17.0. The van der Waals surface area contributed by atoms with Gasteiger partial charge in [0.25, 0.3) is 5.91 Å². The maximum Gasteiger partial charge on any atom is 0.290 e. The number of furan rings is 1. The Morgan fingerprint density at radius 2 is 2.07 bits per heavy atom. The molecular formula is C23H26N4O2. The van der Waals surface area contributed by atoms with Gasteiger partial charge in [0, 0.05) is 42.2 Å². The fourth-order valence-electron chi connectivity index (χ4n) is 4.59. The van der Waals surface area contributed by atoms with E-state index in [1.807, 2.05) is 42.3 Å². The summed E-state index contributed by atoms with van der Waals surface area (Å²) in [5, 5.41) is 0.998. The predicted octanol–water partition coefficient (Wildman–Crippen LogP) is 3.89. The molecule has 4 heterocycles. The third-order valence-electron chi connectivity index (χ3n) is 6.35. The van der Waals surface area contributed by atoms with E-state index < -0.39 is 0 Å². The number of rotatable bonds is 2. The normalized spacial score (nSPS) is 20.1. The molecule has 0 aliphatic carbocycles. The molecule has 2 aliphatic heterocycles. The summed E-state index contributed by atoms with van der Waals surface area (Å²) in [6.45, 7) is 4.24. The van der Waals surface area contributed by atoms with Crippen molar-refractivity contribution in [3.8, 4) is 0 Å². The molecule has 2 aromatic heterocycles. The standard InChI is InChI=1S/C23H26N4O2/c1-15-17-7-3-4-9-20(17)29-21(15)23(28)27-12-10-18-16(14-27)13-24-22(25-18)19-8-5-6-11-26(19)2/h3-4,7,9,13,19H,5-6,8,10-12,14H2,1-2H3. The van der Waals surface area contributed by atoms with E-state index in [0.717, 1.165) is 53.0 Å². The van der Waals surface area contributed by atoms with Gasteiger partial charge in [-0.05, 0) is 39.4 Å². The van der Waals surface area contributed by atoms with E-state index in [4.69, 9.17) is 9.40 Å². The summed E-state index contributed by atoms with van der Waals surface area (Å²) in [4.78, 5) is 26.9. The molecule has 0 radical (unpaired) electrons. The largest absolute Gasteiger partial charge is 0.451 e. The molecule has 1 unspecified atom stereocenters. The molecule has 1 fully saturated rings. The Bertz CT molecular complexity index is 1070. The molecule has 6 nitrogen and oxygen atoms in total. The Morgan fingerprint density at radius 1 is 1.21 bits per heavy atom. The van der Waals surface area contributed by atoms with Crippen LogP contribution in [-0.4, -0.2) is 45.8 Å². The number of amides is 1. The summed E-state index contributed by atoms with van der Waals surface area (Å²) >= 11 is 0. The summed E-state index contributed by atoms with van der Waals surface area (Å²) in [7, 11) is 2.16. The van der Waals surface area contributed by atoms with Crippen molar-refractivity contribution in [3.05, 3.63) is 58.9 Å². The number of piperidine rings is 1. The fourth-order valence-corrected chi connectivity index (χ4v) is 4.59. The lowest BCUT2D eigenvalue weighted by Crippen LogP contribution is -2.37. The third-order valence-corrected chi connectivity index (χ3v) is 6.35. The molecule has 5 rings (SSSR count). The topological polar surface area (TPSA) is 62.5 Å². The fraction of sp³-hybridized carbons (Fsp3) is 0.435. The van der Waals surface area contributed by atoms with Gasteiger partial charge < -0.3 is 9.32 Å². The number of aryl methyl sites for hydroxylation is 1. The lowest BCUT2D eigenvalue weighted by Gasteiger charge is -2.32. The van der Waals surface area contributed by atoms with Crippen molar-refractivity contribution >= 4 is 16.9 Å². The summed E-state index contributed by atoms with van der Waals surface area (Å²) in [5.74, 6) is 1.32. The van der Waals surface area contributed by atoms with Gasteiger partial charge in [-0.1, -0.05) is 24.6 Å². The van der Waals surface area contributed by atoms with E-state index in [2.05, 4.69) is 16.9 Å². The highest BCUT2D eigenvalue weighted by Crippen LogP contribution is 2.30. The van der Waals surface area contributed by atoms with Crippen molar-refractivity contribution in [2.24, 2.45) is 0 Å². The van der Waals surface area contributed by atoms with Gasteiger partial charge in [-0.15, -0.1) is 0 Å². The highest BCUT2D eigenvalue weighted by molar-refractivity contribution is 5.99.